The number of nitrogens with zero attached hydrogens (tertiary/aromatic N) is 3. The van der Waals surface area contributed by atoms with Gasteiger partial charge in [0.2, 0.25) is 0 Å². The maximum atomic E-state index is 12.2. The van der Waals surface area contributed by atoms with Gasteiger partial charge in [0.05, 0.1) is 18.0 Å². The molecule has 1 fully saturated rings. The molecule has 1 aliphatic carbocycles. The molecule has 2 unspecified atom stereocenters. The Morgan fingerprint density at radius 1 is 1.43 bits per heavy atom. The molecular weight excluding hydrogens is 316 g/mol. The summed E-state index contributed by atoms with van der Waals surface area (Å²) >= 11 is 5.94. The van der Waals surface area contributed by atoms with Crippen LogP contribution < -0.4 is 5.32 Å². The Hall–Kier alpha value is -1.92. The van der Waals surface area contributed by atoms with Gasteiger partial charge in [-0.25, -0.2) is 0 Å². The second kappa shape index (κ2) is 7.10. The van der Waals surface area contributed by atoms with Crippen molar-refractivity contribution in [3.05, 3.63) is 41.2 Å². The van der Waals surface area contributed by atoms with Crippen LogP contribution in [0.15, 0.2) is 30.5 Å². The highest BCUT2D eigenvalue weighted by Gasteiger charge is 2.21. The SMILES string of the molecule is O=C(NCC1CCCC(O)C1)c1cnn(-c2cccc(Cl)c2)n1. The minimum atomic E-state index is -0.252. The van der Waals surface area contributed by atoms with Crippen LogP contribution in [0.1, 0.15) is 36.2 Å². The van der Waals surface area contributed by atoms with Gasteiger partial charge in [0.25, 0.3) is 5.91 Å². The molecule has 0 radical (unpaired) electrons. The Morgan fingerprint density at radius 2 is 2.30 bits per heavy atom. The summed E-state index contributed by atoms with van der Waals surface area (Å²) < 4.78 is 0. The average Bonchev–Trinajstić information content (AvgIpc) is 3.03. The maximum Gasteiger partial charge on any atom is 0.273 e. The minimum absolute atomic E-state index is 0.241. The van der Waals surface area contributed by atoms with Crippen molar-refractivity contribution < 1.29 is 9.90 Å². The Morgan fingerprint density at radius 3 is 3.09 bits per heavy atom. The first-order valence-corrected chi connectivity index (χ1v) is 8.14. The number of carbonyl (C=O) groups excluding carboxylic acids is 1. The fraction of sp³-hybridized carbons (Fsp3) is 0.438. The second-order valence-corrected chi connectivity index (χ2v) is 6.33. The molecule has 2 aromatic rings. The Balaban J connectivity index is 1.60. The van der Waals surface area contributed by atoms with Crippen LogP contribution in [0.3, 0.4) is 0 Å². The lowest BCUT2D eigenvalue weighted by atomic mass is 9.87. The summed E-state index contributed by atoms with van der Waals surface area (Å²) in [6.07, 6.45) is 4.84. The van der Waals surface area contributed by atoms with E-state index in [4.69, 9.17) is 11.6 Å². The summed E-state index contributed by atoms with van der Waals surface area (Å²) in [7, 11) is 0. The summed E-state index contributed by atoms with van der Waals surface area (Å²) in [6.45, 7) is 0.555. The maximum absolute atomic E-state index is 12.2. The van der Waals surface area contributed by atoms with Gasteiger partial charge in [0.15, 0.2) is 5.69 Å². The zero-order valence-corrected chi connectivity index (χ0v) is 13.4. The van der Waals surface area contributed by atoms with Crippen molar-refractivity contribution in [2.75, 3.05) is 6.54 Å². The minimum Gasteiger partial charge on any atom is -0.393 e. The van der Waals surface area contributed by atoms with Crippen LogP contribution in [0.2, 0.25) is 5.02 Å². The van der Waals surface area contributed by atoms with Gasteiger partial charge in [-0.15, -0.1) is 5.10 Å². The standard InChI is InChI=1S/C16H19ClN4O2/c17-12-4-2-5-13(8-12)21-19-10-15(20-21)16(23)18-9-11-3-1-6-14(22)7-11/h2,4-5,8,10-11,14,22H,1,3,6-7,9H2,(H,18,23). The smallest absolute Gasteiger partial charge is 0.273 e. The molecule has 6 nitrogen and oxygen atoms in total. The Kier molecular flexibility index (Phi) is 4.93. The molecule has 0 aliphatic heterocycles. The number of rotatable bonds is 4. The summed E-state index contributed by atoms with van der Waals surface area (Å²) in [5.74, 6) is 0.0732. The molecule has 7 heteroatoms. The van der Waals surface area contributed by atoms with Gasteiger partial charge in [-0.1, -0.05) is 24.1 Å². The number of carbonyl (C=O) groups is 1. The van der Waals surface area contributed by atoms with Crippen molar-refractivity contribution in [2.24, 2.45) is 5.92 Å². The monoisotopic (exact) mass is 334 g/mol. The van der Waals surface area contributed by atoms with Gasteiger partial charge in [-0.05, 0) is 43.4 Å². The van der Waals surface area contributed by atoms with Crippen molar-refractivity contribution >= 4 is 17.5 Å². The topological polar surface area (TPSA) is 80.0 Å². The van der Waals surface area contributed by atoms with Crippen LogP contribution >= 0.6 is 11.6 Å². The third kappa shape index (κ3) is 4.09. The Labute approximate surface area is 139 Å². The molecule has 1 aliphatic rings. The first-order valence-electron chi connectivity index (χ1n) is 7.76. The lowest BCUT2D eigenvalue weighted by Crippen LogP contribution is -2.33. The third-order valence-electron chi connectivity index (χ3n) is 4.07. The van der Waals surface area contributed by atoms with Crippen LogP contribution in [-0.2, 0) is 0 Å². The third-order valence-corrected chi connectivity index (χ3v) is 4.31. The number of halogens is 1. The van der Waals surface area contributed by atoms with Crippen LogP contribution in [0.5, 0.6) is 0 Å². The summed E-state index contributed by atoms with van der Waals surface area (Å²) in [5, 5.41) is 21.4. The summed E-state index contributed by atoms with van der Waals surface area (Å²) in [5.41, 5.74) is 0.966. The van der Waals surface area contributed by atoms with Gasteiger partial charge in [-0.3, -0.25) is 4.79 Å². The quantitative estimate of drug-likeness (QED) is 0.898. The van der Waals surface area contributed by atoms with E-state index >= 15 is 0 Å². The number of benzene rings is 1. The first kappa shape index (κ1) is 16.0. The molecule has 1 heterocycles. The number of hydrogen-bond donors (Lipinski definition) is 2. The molecule has 1 aromatic heterocycles. The number of aliphatic hydroxyl groups is 1. The largest absolute Gasteiger partial charge is 0.393 e. The normalized spacial score (nSPS) is 21.1. The highest BCUT2D eigenvalue weighted by atomic mass is 35.5. The van der Waals surface area contributed by atoms with E-state index in [1.54, 1.807) is 18.2 Å². The molecule has 2 atom stereocenters. The second-order valence-electron chi connectivity index (χ2n) is 5.90. The first-order chi connectivity index (χ1) is 11.1. The fourth-order valence-electron chi connectivity index (χ4n) is 2.87. The zero-order chi connectivity index (χ0) is 16.2. The van der Waals surface area contributed by atoms with E-state index in [1.165, 1.54) is 11.0 Å². The molecule has 1 amide bonds. The highest BCUT2D eigenvalue weighted by Crippen LogP contribution is 2.23. The zero-order valence-electron chi connectivity index (χ0n) is 12.7. The Bertz CT molecular complexity index is 688. The van der Waals surface area contributed by atoms with Crippen molar-refractivity contribution in [2.45, 2.75) is 31.8 Å². The van der Waals surface area contributed by atoms with E-state index in [0.29, 0.717) is 23.2 Å². The molecule has 2 N–H and O–H groups in total. The fourth-order valence-corrected chi connectivity index (χ4v) is 3.05. The highest BCUT2D eigenvalue weighted by molar-refractivity contribution is 6.30. The van der Waals surface area contributed by atoms with E-state index in [2.05, 4.69) is 15.5 Å². The van der Waals surface area contributed by atoms with E-state index in [1.807, 2.05) is 6.07 Å². The summed E-state index contributed by atoms with van der Waals surface area (Å²) in [4.78, 5) is 13.5. The van der Waals surface area contributed by atoms with Crippen molar-refractivity contribution in [3.63, 3.8) is 0 Å². The van der Waals surface area contributed by atoms with Gasteiger partial charge >= 0.3 is 0 Å². The van der Waals surface area contributed by atoms with Crippen LogP contribution in [0, 0.1) is 5.92 Å². The van der Waals surface area contributed by atoms with E-state index in [0.717, 1.165) is 25.7 Å². The van der Waals surface area contributed by atoms with Gasteiger partial charge in [0.1, 0.15) is 0 Å². The van der Waals surface area contributed by atoms with Crippen LogP contribution in [0.4, 0.5) is 0 Å². The van der Waals surface area contributed by atoms with Crippen molar-refractivity contribution in [1.82, 2.24) is 20.3 Å². The van der Waals surface area contributed by atoms with Crippen molar-refractivity contribution in [1.29, 1.82) is 0 Å². The molecule has 0 bridgehead atoms. The number of aliphatic hydroxyl groups excluding tert-OH is 1. The predicted octanol–water partition coefficient (Wildman–Crippen LogP) is 2.20. The number of aromatic nitrogens is 3. The van der Waals surface area contributed by atoms with Crippen LogP contribution in [0.25, 0.3) is 5.69 Å². The lowest BCUT2D eigenvalue weighted by molar-refractivity contribution is 0.0870. The molecule has 1 aromatic carbocycles. The predicted molar refractivity (Wildman–Crippen MR) is 86.7 cm³/mol. The van der Waals surface area contributed by atoms with Crippen LogP contribution in [-0.4, -0.2) is 38.7 Å². The molecule has 3 rings (SSSR count). The summed E-state index contributed by atoms with van der Waals surface area (Å²) in [6, 6.07) is 7.11. The van der Waals surface area contributed by atoms with Gasteiger partial charge in [-0.2, -0.15) is 9.90 Å². The van der Waals surface area contributed by atoms with E-state index < -0.39 is 0 Å². The molecule has 23 heavy (non-hydrogen) atoms. The molecule has 0 spiro atoms. The number of nitrogens with one attached hydrogen (secondary N) is 1. The average molecular weight is 335 g/mol. The van der Waals surface area contributed by atoms with Gasteiger partial charge < -0.3 is 10.4 Å². The number of amides is 1. The molecule has 1 saturated carbocycles. The molecule has 0 saturated heterocycles. The lowest BCUT2D eigenvalue weighted by Gasteiger charge is -2.25. The van der Waals surface area contributed by atoms with E-state index in [-0.39, 0.29) is 17.7 Å². The van der Waals surface area contributed by atoms with Gasteiger partial charge in [0, 0.05) is 11.6 Å². The number of hydrogen-bond acceptors (Lipinski definition) is 4. The van der Waals surface area contributed by atoms with Crippen molar-refractivity contribution in [3.8, 4) is 5.69 Å². The van der Waals surface area contributed by atoms with E-state index in [9.17, 15) is 9.90 Å². The molecule has 122 valence electrons. The molecular formula is C16H19ClN4O2.